The highest BCUT2D eigenvalue weighted by molar-refractivity contribution is 6.36. The Kier molecular flexibility index (Phi) is 5.52. The summed E-state index contributed by atoms with van der Waals surface area (Å²) in [6.07, 6.45) is 0. The van der Waals surface area contributed by atoms with Crippen molar-refractivity contribution in [1.82, 2.24) is 5.32 Å². The molecule has 2 aromatic carbocycles. The van der Waals surface area contributed by atoms with E-state index in [9.17, 15) is 0 Å². The summed E-state index contributed by atoms with van der Waals surface area (Å²) in [6.45, 7) is 2.55. The summed E-state index contributed by atoms with van der Waals surface area (Å²) in [4.78, 5) is 0. The number of benzene rings is 2. The largest absolute Gasteiger partial charge is 0.383 e. The molecule has 0 heterocycles. The lowest BCUT2D eigenvalue weighted by Gasteiger charge is -2.09. The van der Waals surface area contributed by atoms with Crippen LogP contribution in [0.2, 0.25) is 10.0 Å². The summed E-state index contributed by atoms with van der Waals surface area (Å²) in [5.74, 6) is 0. The molecule has 0 unspecified atom stereocenters. The summed E-state index contributed by atoms with van der Waals surface area (Å²) in [5, 5.41) is 7.94. The monoisotopic (exact) mass is 294 g/mol. The maximum atomic E-state index is 6.07. The second-order valence-corrected chi connectivity index (χ2v) is 5.06. The van der Waals surface area contributed by atoms with E-state index in [-0.39, 0.29) is 0 Å². The molecule has 0 aliphatic carbocycles. The second-order valence-electron chi connectivity index (χ2n) is 4.21. The van der Waals surface area contributed by atoms with Gasteiger partial charge in [0, 0.05) is 24.7 Å². The van der Waals surface area contributed by atoms with Gasteiger partial charge in [-0.3, -0.25) is 0 Å². The van der Waals surface area contributed by atoms with Crippen molar-refractivity contribution < 1.29 is 0 Å². The van der Waals surface area contributed by atoms with E-state index in [1.54, 1.807) is 6.07 Å². The van der Waals surface area contributed by atoms with Crippen LogP contribution in [-0.2, 0) is 6.54 Å². The van der Waals surface area contributed by atoms with Gasteiger partial charge in [0.1, 0.15) is 0 Å². The summed E-state index contributed by atoms with van der Waals surface area (Å²) < 4.78 is 0. The van der Waals surface area contributed by atoms with Crippen molar-refractivity contribution >= 4 is 28.9 Å². The predicted octanol–water partition coefficient (Wildman–Crippen LogP) is 4.20. The lowest BCUT2D eigenvalue weighted by atomic mass is 10.2. The fourth-order valence-corrected chi connectivity index (χ4v) is 2.22. The van der Waals surface area contributed by atoms with Crippen LogP contribution in [0.5, 0.6) is 0 Å². The van der Waals surface area contributed by atoms with Crippen LogP contribution in [0.4, 0.5) is 5.69 Å². The van der Waals surface area contributed by atoms with Crippen molar-refractivity contribution in [1.29, 1.82) is 0 Å². The minimum absolute atomic E-state index is 0.649. The zero-order chi connectivity index (χ0) is 13.5. The van der Waals surface area contributed by atoms with Gasteiger partial charge < -0.3 is 10.6 Å². The van der Waals surface area contributed by atoms with Gasteiger partial charge in [0.2, 0.25) is 0 Å². The van der Waals surface area contributed by atoms with Gasteiger partial charge in [-0.25, -0.2) is 0 Å². The zero-order valence-corrected chi connectivity index (χ0v) is 12.0. The number of nitrogens with one attached hydrogen (secondary N) is 2. The maximum Gasteiger partial charge on any atom is 0.0652 e. The maximum absolute atomic E-state index is 6.07. The first-order chi connectivity index (χ1) is 9.25. The van der Waals surface area contributed by atoms with E-state index < -0.39 is 0 Å². The summed E-state index contributed by atoms with van der Waals surface area (Å²) in [6, 6.07) is 15.8. The van der Waals surface area contributed by atoms with Crippen LogP contribution in [0, 0.1) is 0 Å². The molecule has 0 spiro atoms. The van der Waals surface area contributed by atoms with Crippen LogP contribution < -0.4 is 10.6 Å². The molecule has 2 aromatic rings. The minimum Gasteiger partial charge on any atom is -0.383 e. The Labute approximate surface area is 123 Å². The highest BCUT2D eigenvalue weighted by Gasteiger charge is 1.99. The number of halogens is 2. The molecule has 0 saturated carbocycles. The van der Waals surface area contributed by atoms with Gasteiger partial charge in [0.05, 0.1) is 10.7 Å². The van der Waals surface area contributed by atoms with Gasteiger partial charge in [0.25, 0.3) is 0 Å². The van der Waals surface area contributed by atoms with E-state index in [1.165, 1.54) is 5.56 Å². The van der Waals surface area contributed by atoms with Crippen LogP contribution >= 0.6 is 23.2 Å². The average Bonchev–Trinajstić information content (AvgIpc) is 2.42. The minimum atomic E-state index is 0.649. The molecule has 2 N–H and O–H groups in total. The molecule has 100 valence electrons. The smallest absolute Gasteiger partial charge is 0.0652 e. The number of hydrogen-bond acceptors (Lipinski definition) is 2. The third kappa shape index (κ3) is 4.75. The number of anilines is 1. The highest BCUT2D eigenvalue weighted by Crippen LogP contribution is 2.24. The van der Waals surface area contributed by atoms with Crippen LogP contribution in [0.15, 0.2) is 48.5 Å². The summed E-state index contributed by atoms with van der Waals surface area (Å²) in [7, 11) is 0. The quantitative estimate of drug-likeness (QED) is 0.781. The molecule has 0 aliphatic heterocycles. The first-order valence-corrected chi connectivity index (χ1v) is 6.95. The molecular formula is C15H16Cl2N2. The Balaban J connectivity index is 1.69. The standard InChI is InChI=1S/C15H16Cl2N2/c16-13-6-7-15(14(17)10-13)19-9-8-18-11-12-4-2-1-3-5-12/h1-7,10,18-19H,8-9,11H2. The Morgan fingerprint density at radius 1 is 0.895 bits per heavy atom. The number of hydrogen-bond donors (Lipinski definition) is 2. The Bertz CT molecular complexity index is 515. The molecular weight excluding hydrogens is 279 g/mol. The molecule has 0 radical (unpaired) electrons. The normalized spacial score (nSPS) is 10.4. The molecule has 4 heteroatoms. The fourth-order valence-electron chi connectivity index (χ4n) is 1.75. The first kappa shape index (κ1) is 14.2. The van der Waals surface area contributed by atoms with Crippen molar-refractivity contribution in [3.63, 3.8) is 0 Å². The molecule has 0 bridgehead atoms. The topological polar surface area (TPSA) is 24.1 Å². The Morgan fingerprint density at radius 3 is 2.42 bits per heavy atom. The van der Waals surface area contributed by atoms with Gasteiger partial charge in [-0.2, -0.15) is 0 Å². The van der Waals surface area contributed by atoms with Crippen LogP contribution in [-0.4, -0.2) is 13.1 Å². The van der Waals surface area contributed by atoms with E-state index in [0.29, 0.717) is 10.0 Å². The van der Waals surface area contributed by atoms with E-state index in [1.807, 2.05) is 30.3 Å². The van der Waals surface area contributed by atoms with Crippen LogP contribution in [0.25, 0.3) is 0 Å². The van der Waals surface area contributed by atoms with Gasteiger partial charge >= 0.3 is 0 Å². The molecule has 0 fully saturated rings. The van der Waals surface area contributed by atoms with Crippen molar-refractivity contribution in [3.05, 3.63) is 64.1 Å². The molecule has 2 nitrogen and oxygen atoms in total. The predicted molar refractivity (Wildman–Crippen MR) is 83.1 cm³/mol. The Hall–Kier alpha value is -1.22. The summed E-state index contributed by atoms with van der Waals surface area (Å²) in [5.41, 5.74) is 2.19. The zero-order valence-electron chi connectivity index (χ0n) is 10.5. The molecule has 19 heavy (non-hydrogen) atoms. The second kappa shape index (κ2) is 7.39. The van der Waals surface area contributed by atoms with E-state index >= 15 is 0 Å². The van der Waals surface area contributed by atoms with Gasteiger partial charge in [-0.1, -0.05) is 53.5 Å². The van der Waals surface area contributed by atoms with Crippen molar-refractivity contribution in [2.75, 3.05) is 18.4 Å². The fraction of sp³-hybridized carbons (Fsp3) is 0.200. The van der Waals surface area contributed by atoms with Crippen LogP contribution in [0.3, 0.4) is 0 Å². The molecule has 2 rings (SSSR count). The lowest BCUT2D eigenvalue weighted by Crippen LogP contribution is -2.21. The Morgan fingerprint density at radius 2 is 1.68 bits per heavy atom. The molecule has 0 amide bonds. The molecule has 0 aliphatic rings. The average molecular weight is 295 g/mol. The van der Waals surface area contributed by atoms with E-state index in [2.05, 4.69) is 22.8 Å². The highest BCUT2D eigenvalue weighted by atomic mass is 35.5. The molecule has 0 saturated heterocycles. The van der Waals surface area contributed by atoms with Crippen molar-refractivity contribution in [2.45, 2.75) is 6.54 Å². The lowest BCUT2D eigenvalue weighted by molar-refractivity contribution is 0.707. The molecule has 0 atom stereocenters. The SMILES string of the molecule is Clc1ccc(NCCNCc2ccccc2)c(Cl)c1. The van der Waals surface area contributed by atoms with Gasteiger partial charge in [-0.15, -0.1) is 0 Å². The first-order valence-electron chi connectivity index (χ1n) is 6.19. The van der Waals surface area contributed by atoms with E-state index in [4.69, 9.17) is 23.2 Å². The molecule has 0 aromatic heterocycles. The number of rotatable bonds is 6. The van der Waals surface area contributed by atoms with Crippen LogP contribution in [0.1, 0.15) is 5.56 Å². The van der Waals surface area contributed by atoms with E-state index in [0.717, 1.165) is 25.3 Å². The van der Waals surface area contributed by atoms with Gasteiger partial charge in [0.15, 0.2) is 0 Å². The third-order valence-electron chi connectivity index (χ3n) is 2.72. The summed E-state index contributed by atoms with van der Waals surface area (Å²) >= 11 is 11.9. The van der Waals surface area contributed by atoms with Gasteiger partial charge in [-0.05, 0) is 23.8 Å². The van der Waals surface area contributed by atoms with Crippen molar-refractivity contribution in [2.24, 2.45) is 0 Å². The third-order valence-corrected chi connectivity index (χ3v) is 3.27. The van der Waals surface area contributed by atoms with Crippen molar-refractivity contribution in [3.8, 4) is 0 Å².